The van der Waals surface area contributed by atoms with Gasteiger partial charge in [0.05, 0.1) is 0 Å². The molecule has 18 heavy (non-hydrogen) atoms. The van der Waals surface area contributed by atoms with Crippen LogP contribution in [0.1, 0.15) is 34.1 Å². The van der Waals surface area contributed by atoms with Gasteiger partial charge in [0.15, 0.2) is 0 Å². The first-order valence-corrected chi connectivity index (χ1v) is 7.04. The van der Waals surface area contributed by atoms with Gasteiger partial charge in [-0.25, -0.2) is 4.79 Å². The Morgan fingerprint density at radius 2 is 2.06 bits per heavy atom. The van der Waals surface area contributed by atoms with E-state index in [4.69, 9.17) is 4.74 Å². The average Bonchev–Trinajstić information content (AvgIpc) is 2.26. The van der Waals surface area contributed by atoms with E-state index in [0.29, 0.717) is 18.7 Å². The summed E-state index contributed by atoms with van der Waals surface area (Å²) in [5.41, 5.74) is -0.556. The molecule has 0 bridgehead atoms. The minimum absolute atomic E-state index is 0.207. The fraction of sp³-hybridized carbons (Fsp3) is 0.833. The summed E-state index contributed by atoms with van der Waals surface area (Å²) in [7, 11) is 0. The summed E-state index contributed by atoms with van der Waals surface area (Å²) >= 11 is 1.41. The Morgan fingerprint density at radius 1 is 1.44 bits per heavy atom. The highest BCUT2D eigenvalue weighted by molar-refractivity contribution is 8.01. The summed E-state index contributed by atoms with van der Waals surface area (Å²) in [6.07, 6.45) is 0.0635. The van der Waals surface area contributed by atoms with Crippen molar-refractivity contribution in [3.8, 4) is 0 Å². The second-order valence-electron chi connectivity index (χ2n) is 5.40. The standard InChI is InChI=1S/C12H21NO4S/c1-5-12(9(14)15)8-13(6-7-18-12)10(16)17-11(2,3)4/h5-8H2,1-4H3,(H,14,15). The molecule has 1 aliphatic heterocycles. The Morgan fingerprint density at radius 3 is 2.50 bits per heavy atom. The van der Waals surface area contributed by atoms with Gasteiger partial charge in [0.1, 0.15) is 10.3 Å². The molecule has 0 aliphatic carbocycles. The van der Waals surface area contributed by atoms with Crippen LogP contribution in [0.4, 0.5) is 4.79 Å². The molecular weight excluding hydrogens is 254 g/mol. The number of thioether (sulfide) groups is 1. The van der Waals surface area contributed by atoms with Gasteiger partial charge in [-0.2, -0.15) is 0 Å². The van der Waals surface area contributed by atoms with Crippen LogP contribution in [0.5, 0.6) is 0 Å². The van der Waals surface area contributed by atoms with Crippen molar-refractivity contribution in [2.45, 2.75) is 44.5 Å². The lowest BCUT2D eigenvalue weighted by atomic mass is 10.1. The Balaban J connectivity index is 2.75. The molecule has 1 heterocycles. The normalized spacial score (nSPS) is 24.8. The van der Waals surface area contributed by atoms with E-state index in [1.54, 1.807) is 20.8 Å². The third-order valence-electron chi connectivity index (χ3n) is 2.80. The van der Waals surface area contributed by atoms with Crippen LogP contribution < -0.4 is 0 Å². The lowest BCUT2D eigenvalue weighted by molar-refractivity contribution is -0.140. The monoisotopic (exact) mass is 275 g/mol. The Bertz CT molecular complexity index is 339. The molecule has 104 valence electrons. The second kappa shape index (κ2) is 5.38. The van der Waals surface area contributed by atoms with Crippen LogP contribution in [0.2, 0.25) is 0 Å². The fourth-order valence-electron chi connectivity index (χ4n) is 1.76. The van der Waals surface area contributed by atoms with E-state index >= 15 is 0 Å². The maximum atomic E-state index is 11.9. The third-order valence-corrected chi connectivity index (χ3v) is 4.33. The van der Waals surface area contributed by atoms with Gasteiger partial charge in [-0.1, -0.05) is 6.92 Å². The summed E-state index contributed by atoms with van der Waals surface area (Å²) in [5, 5.41) is 9.32. The largest absolute Gasteiger partial charge is 0.480 e. The van der Waals surface area contributed by atoms with Crippen molar-refractivity contribution >= 4 is 23.8 Å². The molecule has 0 aromatic rings. The number of carboxylic acids is 1. The molecule has 1 amide bonds. The number of aliphatic carboxylic acids is 1. The number of hydrogen-bond donors (Lipinski definition) is 1. The molecule has 0 radical (unpaired) electrons. The minimum atomic E-state index is -0.894. The molecule has 1 atom stereocenters. The lowest BCUT2D eigenvalue weighted by Gasteiger charge is -2.39. The predicted octanol–water partition coefficient (Wildman–Crippen LogP) is 2.20. The van der Waals surface area contributed by atoms with E-state index in [9.17, 15) is 14.7 Å². The number of carbonyl (C=O) groups is 2. The smallest absolute Gasteiger partial charge is 0.410 e. The van der Waals surface area contributed by atoms with Gasteiger partial charge in [0, 0.05) is 18.8 Å². The molecule has 1 aliphatic rings. The SMILES string of the molecule is CCC1(C(=O)O)CN(C(=O)OC(C)(C)C)CCS1. The zero-order chi connectivity index (χ0) is 14.0. The molecule has 0 aromatic carbocycles. The second-order valence-corrected chi connectivity index (χ2v) is 6.88. The molecule has 1 N–H and O–H groups in total. The van der Waals surface area contributed by atoms with Crippen LogP contribution in [0.3, 0.4) is 0 Å². The van der Waals surface area contributed by atoms with E-state index < -0.39 is 22.4 Å². The van der Waals surface area contributed by atoms with Crippen LogP contribution in [0.25, 0.3) is 0 Å². The highest BCUT2D eigenvalue weighted by Crippen LogP contribution is 2.34. The molecule has 0 spiro atoms. The molecule has 1 unspecified atom stereocenters. The van der Waals surface area contributed by atoms with Crippen molar-refractivity contribution in [3.05, 3.63) is 0 Å². The Labute approximate surface area is 112 Å². The number of hydrogen-bond acceptors (Lipinski definition) is 4. The number of amides is 1. The van der Waals surface area contributed by atoms with Crippen LogP contribution in [0, 0.1) is 0 Å². The number of ether oxygens (including phenoxy) is 1. The summed E-state index contributed by atoms with van der Waals surface area (Å²) in [6, 6.07) is 0. The average molecular weight is 275 g/mol. The van der Waals surface area contributed by atoms with Crippen molar-refractivity contribution < 1.29 is 19.4 Å². The van der Waals surface area contributed by atoms with Gasteiger partial charge in [0.2, 0.25) is 0 Å². The van der Waals surface area contributed by atoms with Gasteiger partial charge in [-0.05, 0) is 27.2 Å². The summed E-state index contributed by atoms with van der Waals surface area (Å²) in [5.74, 6) is -0.234. The quantitative estimate of drug-likeness (QED) is 0.837. The Hall–Kier alpha value is -0.910. The zero-order valence-corrected chi connectivity index (χ0v) is 12.2. The van der Waals surface area contributed by atoms with E-state index in [1.165, 1.54) is 16.7 Å². The first-order valence-electron chi connectivity index (χ1n) is 6.05. The van der Waals surface area contributed by atoms with Crippen LogP contribution >= 0.6 is 11.8 Å². The highest BCUT2D eigenvalue weighted by Gasteiger charge is 2.43. The van der Waals surface area contributed by atoms with Gasteiger partial charge in [-0.15, -0.1) is 11.8 Å². The van der Waals surface area contributed by atoms with Crippen LogP contribution in [0.15, 0.2) is 0 Å². The van der Waals surface area contributed by atoms with Gasteiger partial charge in [-0.3, -0.25) is 4.79 Å². The highest BCUT2D eigenvalue weighted by atomic mass is 32.2. The maximum Gasteiger partial charge on any atom is 0.410 e. The Kier molecular flexibility index (Phi) is 4.53. The molecule has 0 aromatic heterocycles. The van der Waals surface area contributed by atoms with Crippen molar-refractivity contribution in [2.75, 3.05) is 18.8 Å². The van der Waals surface area contributed by atoms with E-state index in [1.807, 2.05) is 6.92 Å². The van der Waals surface area contributed by atoms with Crippen molar-refractivity contribution in [1.82, 2.24) is 4.90 Å². The third kappa shape index (κ3) is 3.54. The fourth-order valence-corrected chi connectivity index (χ4v) is 3.04. The first kappa shape index (κ1) is 15.1. The van der Waals surface area contributed by atoms with Crippen LogP contribution in [-0.4, -0.2) is 51.3 Å². The molecule has 5 nitrogen and oxygen atoms in total. The number of nitrogens with zero attached hydrogens (tertiary/aromatic N) is 1. The molecule has 0 saturated carbocycles. The van der Waals surface area contributed by atoms with Gasteiger partial charge < -0.3 is 14.7 Å². The summed E-state index contributed by atoms with van der Waals surface area (Å²) in [6.45, 7) is 7.97. The zero-order valence-electron chi connectivity index (χ0n) is 11.4. The molecule has 1 saturated heterocycles. The number of rotatable bonds is 2. The predicted molar refractivity (Wildman–Crippen MR) is 70.9 cm³/mol. The van der Waals surface area contributed by atoms with E-state index in [-0.39, 0.29) is 6.54 Å². The number of carbonyl (C=O) groups excluding carboxylic acids is 1. The summed E-state index contributed by atoms with van der Waals surface area (Å²) in [4.78, 5) is 24.8. The molecule has 1 rings (SSSR count). The van der Waals surface area contributed by atoms with Crippen LogP contribution in [-0.2, 0) is 9.53 Å². The minimum Gasteiger partial charge on any atom is -0.480 e. The van der Waals surface area contributed by atoms with Crippen molar-refractivity contribution in [3.63, 3.8) is 0 Å². The van der Waals surface area contributed by atoms with E-state index in [2.05, 4.69) is 0 Å². The van der Waals surface area contributed by atoms with Crippen molar-refractivity contribution in [2.24, 2.45) is 0 Å². The lowest BCUT2D eigenvalue weighted by Crippen LogP contribution is -2.53. The molecule has 1 fully saturated rings. The van der Waals surface area contributed by atoms with Gasteiger partial charge in [0.25, 0.3) is 0 Å². The number of carboxylic acid groups (broad SMARTS) is 1. The maximum absolute atomic E-state index is 11.9. The molecule has 6 heteroatoms. The van der Waals surface area contributed by atoms with E-state index in [0.717, 1.165) is 0 Å². The topological polar surface area (TPSA) is 66.8 Å². The summed E-state index contributed by atoms with van der Waals surface area (Å²) < 4.78 is 4.39. The van der Waals surface area contributed by atoms with Gasteiger partial charge >= 0.3 is 12.1 Å². The van der Waals surface area contributed by atoms with Crippen molar-refractivity contribution in [1.29, 1.82) is 0 Å². The molecular formula is C12H21NO4S. The first-order chi connectivity index (χ1) is 8.20.